The van der Waals surface area contributed by atoms with E-state index in [1.807, 2.05) is 14.0 Å². The van der Waals surface area contributed by atoms with E-state index in [1.165, 1.54) is 19.3 Å². The summed E-state index contributed by atoms with van der Waals surface area (Å²) in [6.45, 7) is 2.86. The summed E-state index contributed by atoms with van der Waals surface area (Å²) < 4.78 is 0. The Bertz CT molecular complexity index is 108. The topological polar surface area (TPSA) is 32.3 Å². The highest BCUT2D eigenvalue weighted by Gasteiger charge is 2.40. The van der Waals surface area contributed by atoms with Gasteiger partial charge in [0.1, 0.15) is 0 Å². The number of aliphatic hydroxyl groups excluding tert-OH is 1. The number of nitrogens with one attached hydrogen (secondary N) is 1. The fraction of sp³-hybridized carbons (Fsp3) is 1.00. The predicted octanol–water partition coefficient (Wildman–Crippen LogP) is 0.757. The molecule has 0 radical (unpaired) electrons. The van der Waals surface area contributed by atoms with Crippen molar-refractivity contribution in [2.45, 2.75) is 32.3 Å². The Hall–Kier alpha value is -0.0800. The van der Waals surface area contributed by atoms with Gasteiger partial charge < -0.3 is 10.4 Å². The van der Waals surface area contributed by atoms with E-state index < -0.39 is 0 Å². The van der Waals surface area contributed by atoms with Crippen LogP contribution in [0.5, 0.6) is 0 Å². The second-order valence-corrected chi connectivity index (χ2v) is 3.42. The van der Waals surface area contributed by atoms with Crippen molar-refractivity contribution in [3.63, 3.8) is 0 Å². The van der Waals surface area contributed by atoms with Crippen molar-refractivity contribution in [3.05, 3.63) is 0 Å². The highest BCUT2D eigenvalue weighted by molar-refractivity contribution is 4.93. The highest BCUT2D eigenvalue weighted by Crippen LogP contribution is 2.43. The Morgan fingerprint density at radius 3 is 2.30 bits per heavy atom. The molecule has 1 atom stereocenters. The summed E-state index contributed by atoms with van der Waals surface area (Å²) in [4.78, 5) is 0. The first-order valence-electron chi connectivity index (χ1n) is 4.04. The summed E-state index contributed by atoms with van der Waals surface area (Å²) in [7, 11) is 1.95. The molecular weight excluding hydrogens is 126 g/mol. The summed E-state index contributed by atoms with van der Waals surface area (Å²) in [5.41, 5.74) is 0.217. The molecule has 0 aromatic carbocycles. The third-order valence-corrected chi connectivity index (χ3v) is 2.76. The Balaban J connectivity index is 2.42. The molecule has 0 heterocycles. The molecule has 1 aliphatic rings. The molecule has 0 aromatic heterocycles. The summed E-state index contributed by atoms with van der Waals surface area (Å²) in [5, 5.41) is 12.5. The SMILES string of the molecule is CNCC1(C(C)O)CCC1. The van der Waals surface area contributed by atoms with Crippen LogP contribution in [0.3, 0.4) is 0 Å². The third kappa shape index (κ3) is 1.18. The highest BCUT2D eigenvalue weighted by atomic mass is 16.3. The molecule has 0 saturated heterocycles. The molecule has 2 heteroatoms. The van der Waals surface area contributed by atoms with E-state index in [4.69, 9.17) is 0 Å². The Kier molecular flexibility index (Phi) is 2.32. The molecule has 1 aliphatic carbocycles. The van der Waals surface area contributed by atoms with Gasteiger partial charge in [0, 0.05) is 12.0 Å². The van der Waals surface area contributed by atoms with Crippen molar-refractivity contribution in [1.29, 1.82) is 0 Å². The second kappa shape index (κ2) is 2.89. The van der Waals surface area contributed by atoms with Crippen molar-refractivity contribution in [2.24, 2.45) is 5.41 Å². The van der Waals surface area contributed by atoms with Crippen molar-refractivity contribution in [2.75, 3.05) is 13.6 Å². The quantitative estimate of drug-likeness (QED) is 0.611. The van der Waals surface area contributed by atoms with Gasteiger partial charge in [0.05, 0.1) is 6.10 Å². The minimum atomic E-state index is -0.145. The summed E-state index contributed by atoms with van der Waals surface area (Å²) in [6, 6.07) is 0. The molecule has 1 unspecified atom stereocenters. The Morgan fingerprint density at radius 2 is 2.20 bits per heavy atom. The Morgan fingerprint density at radius 1 is 1.60 bits per heavy atom. The van der Waals surface area contributed by atoms with Crippen LogP contribution in [0.15, 0.2) is 0 Å². The molecule has 1 rings (SSSR count). The van der Waals surface area contributed by atoms with Crippen LogP contribution in [0.4, 0.5) is 0 Å². The van der Waals surface area contributed by atoms with Gasteiger partial charge in [-0.25, -0.2) is 0 Å². The molecular formula is C8H17NO. The van der Waals surface area contributed by atoms with Gasteiger partial charge in [-0.2, -0.15) is 0 Å². The Labute approximate surface area is 62.6 Å². The standard InChI is InChI=1S/C8H17NO/c1-7(10)8(6-9-2)4-3-5-8/h7,9-10H,3-6H2,1-2H3. The molecule has 1 saturated carbocycles. The summed E-state index contributed by atoms with van der Waals surface area (Å²) >= 11 is 0. The molecule has 0 amide bonds. The zero-order valence-corrected chi connectivity index (χ0v) is 6.85. The van der Waals surface area contributed by atoms with Gasteiger partial charge in [-0.15, -0.1) is 0 Å². The van der Waals surface area contributed by atoms with Gasteiger partial charge in [-0.3, -0.25) is 0 Å². The van der Waals surface area contributed by atoms with Crippen LogP contribution in [-0.2, 0) is 0 Å². The summed E-state index contributed by atoms with van der Waals surface area (Å²) in [5.74, 6) is 0. The van der Waals surface area contributed by atoms with Crippen molar-refractivity contribution >= 4 is 0 Å². The lowest BCUT2D eigenvalue weighted by Crippen LogP contribution is -2.46. The first-order valence-corrected chi connectivity index (χ1v) is 4.04. The van der Waals surface area contributed by atoms with Crippen molar-refractivity contribution < 1.29 is 5.11 Å². The van der Waals surface area contributed by atoms with E-state index in [9.17, 15) is 5.11 Å². The van der Waals surface area contributed by atoms with Gasteiger partial charge in [0.25, 0.3) is 0 Å². The zero-order chi connectivity index (χ0) is 7.61. The lowest BCUT2D eigenvalue weighted by atomic mass is 9.65. The number of aliphatic hydroxyl groups is 1. The van der Waals surface area contributed by atoms with Gasteiger partial charge in [-0.05, 0) is 26.8 Å². The first-order chi connectivity index (χ1) is 4.71. The van der Waals surface area contributed by atoms with Gasteiger partial charge in [0.2, 0.25) is 0 Å². The zero-order valence-electron chi connectivity index (χ0n) is 6.85. The van der Waals surface area contributed by atoms with E-state index in [0.29, 0.717) is 0 Å². The molecule has 10 heavy (non-hydrogen) atoms. The first kappa shape index (κ1) is 8.02. The minimum absolute atomic E-state index is 0.145. The van der Waals surface area contributed by atoms with Crippen LogP contribution in [-0.4, -0.2) is 24.8 Å². The van der Waals surface area contributed by atoms with Gasteiger partial charge in [0.15, 0.2) is 0 Å². The van der Waals surface area contributed by atoms with Crippen LogP contribution in [0.25, 0.3) is 0 Å². The van der Waals surface area contributed by atoms with Crippen LogP contribution < -0.4 is 5.32 Å². The largest absolute Gasteiger partial charge is 0.393 e. The summed E-state index contributed by atoms with van der Waals surface area (Å²) in [6.07, 6.45) is 3.51. The molecule has 0 bridgehead atoms. The van der Waals surface area contributed by atoms with E-state index in [1.54, 1.807) is 0 Å². The van der Waals surface area contributed by atoms with E-state index in [-0.39, 0.29) is 11.5 Å². The van der Waals surface area contributed by atoms with Crippen LogP contribution in [0.2, 0.25) is 0 Å². The van der Waals surface area contributed by atoms with Crippen LogP contribution in [0.1, 0.15) is 26.2 Å². The molecule has 0 spiro atoms. The van der Waals surface area contributed by atoms with E-state index in [0.717, 1.165) is 6.54 Å². The minimum Gasteiger partial charge on any atom is -0.393 e. The van der Waals surface area contributed by atoms with Crippen LogP contribution >= 0.6 is 0 Å². The number of hydrogen-bond donors (Lipinski definition) is 2. The molecule has 1 fully saturated rings. The fourth-order valence-corrected chi connectivity index (χ4v) is 1.73. The number of hydrogen-bond acceptors (Lipinski definition) is 2. The number of rotatable bonds is 3. The lowest BCUT2D eigenvalue weighted by Gasteiger charge is -2.44. The smallest absolute Gasteiger partial charge is 0.0580 e. The molecule has 2 N–H and O–H groups in total. The molecule has 2 nitrogen and oxygen atoms in total. The third-order valence-electron chi connectivity index (χ3n) is 2.76. The predicted molar refractivity (Wildman–Crippen MR) is 41.9 cm³/mol. The average molecular weight is 143 g/mol. The van der Waals surface area contributed by atoms with Gasteiger partial charge >= 0.3 is 0 Å². The average Bonchev–Trinajstić information content (AvgIpc) is 1.77. The van der Waals surface area contributed by atoms with E-state index >= 15 is 0 Å². The van der Waals surface area contributed by atoms with Crippen molar-refractivity contribution in [3.8, 4) is 0 Å². The second-order valence-electron chi connectivity index (χ2n) is 3.42. The van der Waals surface area contributed by atoms with Crippen molar-refractivity contribution in [1.82, 2.24) is 5.32 Å². The molecule has 0 aliphatic heterocycles. The molecule has 60 valence electrons. The maximum Gasteiger partial charge on any atom is 0.0580 e. The monoisotopic (exact) mass is 143 g/mol. The maximum absolute atomic E-state index is 9.41. The lowest BCUT2D eigenvalue weighted by molar-refractivity contribution is -0.0205. The fourth-order valence-electron chi connectivity index (χ4n) is 1.73. The maximum atomic E-state index is 9.41. The normalized spacial score (nSPS) is 25.5. The van der Waals surface area contributed by atoms with Crippen LogP contribution in [0, 0.1) is 5.41 Å². The molecule has 0 aromatic rings. The van der Waals surface area contributed by atoms with E-state index in [2.05, 4.69) is 5.32 Å². The van der Waals surface area contributed by atoms with Gasteiger partial charge in [-0.1, -0.05) is 6.42 Å².